The van der Waals surface area contributed by atoms with E-state index in [2.05, 4.69) is 10.0 Å². The molecule has 0 aromatic heterocycles. The number of hydrogen-bond donors (Lipinski definition) is 2. The van der Waals surface area contributed by atoms with Crippen LogP contribution in [0.15, 0.2) is 0 Å². The van der Waals surface area contributed by atoms with Gasteiger partial charge in [-0.1, -0.05) is 20.3 Å². The second kappa shape index (κ2) is 7.34. The molecule has 1 fully saturated rings. The van der Waals surface area contributed by atoms with Gasteiger partial charge in [0.15, 0.2) is 0 Å². The Morgan fingerprint density at radius 1 is 1.35 bits per heavy atom. The van der Waals surface area contributed by atoms with Crippen LogP contribution >= 0.6 is 0 Å². The zero-order valence-electron chi connectivity index (χ0n) is 11.0. The highest BCUT2D eigenvalue weighted by atomic mass is 32.2. The lowest BCUT2D eigenvalue weighted by atomic mass is 10.0. The largest absolute Gasteiger partial charge is 0.314 e. The standard InChI is InChI=1S/C12H26N2O2S/c1-11(2)7-10-17(15,16)14-9-6-12-5-3-4-8-13-12/h11-14H,3-10H2,1-2H3. The highest BCUT2D eigenvalue weighted by Gasteiger charge is 2.14. The molecular formula is C12H26N2O2S. The molecule has 1 unspecified atom stereocenters. The SMILES string of the molecule is CC(C)CCS(=O)(=O)NCCC1CCCCN1. The summed E-state index contributed by atoms with van der Waals surface area (Å²) in [6.45, 7) is 5.73. The molecule has 4 nitrogen and oxygen atoms in total. The van der Waals surface area contributed by atoms with Gasteiger partial charge in [-0.05, 0) is 38.1 Å². The fourth-order valence-corrected chi connectivity index (χ4v) is 3.38. The summed E-state index contributed by atoms with van der Waals surface area (Å²) in [6.07, 6.45) is 5.32. The maximum absolute atomic E-state index is 11.6. The van der Waals surface area contributed by atoms with Crippen molar-refractivity contribution in [2.75, 3.05) is 18.8 Å². The molecule has 102 valence electrons. The molecule has 0 bridgehead atoms. The van der Waals surface area contributed by atoms with Gasteiger partial charge in [0.05, 0.1) is 5.75 Å². The Balaban J connectivity index is 2.15. The number of piperidine rings is 1. The number of hydrogen-bond acceptors (Lipinski definition) is 3. The zero-order chi connectivity index (χ0) is 12.7. The summed E-state index contributed by atoms with van der Waals surface area (Å²) in [5, 5.41) is 3.42. The summed E-state index contributed by atoms with van der Waals surface area (Å²) in [5.41, 5.74) is 0. The van der Waals surface area contributed by atoms with E-state index < -0.39 is 10.0 Å². The first-order valence-electron chi connectivity index (χ1n) is 6.70. The van der Waals surface area contributed by atoms with Crippen LogP contribution in [0.3, 0.4) is 0 Å². The van der Waals surface area contributed by atoms with E-state index in [1.54, 1.807) is 0 Å². The Bertz CT molecular complexity index is 296. The lowest BCUT2D eigenvalue weighted by Gasteiger charge is -2.23. The van der Waals surface area contributed by atoms with Crippen molar-refractivity contribution in [3.63, 3.8) is 0 Å². The molecule has 0 saturated carbocycles. The molecule has 0 aromatic rings. The predicted octanol–water partition coefficient (Wildman–Crippen LogP) is 1.48. The predicted molar refractivity (Wildman–Crippen MR) is 71.5 cm³/mol. The van der Waals surface area contributed by atoms with Crippen molar-refractivity contribution in [3.05, 3.63) is 0 Å². The van der Waals surface area contributed by atoms with Gasteiger partial charge in [-0.25, -0.2) is 13.1 Å². The quantitative estimate of drug-likeness (QED) is 0.731. The molecule has 1 atom stereocenters. The Labute approximate surface area is 106 Å². The molecule has 0 aromatic carbocycles. The topological polar surface area (TPSA) is 58.2 Å². The molecule has 0 spiro atoms. The maximum atomic E-state index is 11.6. The minimum atomic E-state index is -3.06. The fourth-order valence-electron chi connectivity index (χ4n) is 2.02. The van der Waals surface area contributed by atoms with Gasteiger partial charge >= 0.3 is 0 Å². The normalized spacial score (nSPS) is 21.9. The fraction of sp³-hybridized carbons (Fsp3) is 1.00. The summed E-state index contributed by atoms with van der Waals surface area (Å²) in [5.74, 6) is 0.689. The van der Waals surface area contributed by atoms with Gasteiger partial charge in [-0.15, -0.1) is 0 Å². The Kier molecular flexibility index (Phi) is 6.44. The molecule has 0 aliphatic carbocycles. The van der Waals surface area contributed by atoms with Crippen LogP contribution in [0.5, 0.6) is 0 Å². The molecule has 1 aliphatic heterocycles. The lowest BCUT2D eigenvalue weighted by molar-refractivity contribution is 0.382. The number of rotatable bonds is 7. The third kappa shape index (κ3) is 7.01. The molecule has 1 rings (SSSR count). The molecule has 1 aliphatic rings. The molecule has 2 N–H and O–H groups in total. The van der Waals surface area contributed by atoms with Gasteiger partial charge in [0.1, 0.15) is 0 Å². The summed E-state index contributed by atoms with van der Waals surface area (Å²) >= 11 is 0. The van der Waals surface area contributed by atoms with Crippen molar-refractivity contribution in [1.29, 1.82) is 0 Å². The molecule has 0 amide bonds. The second-order valence-corrected chi connectivity index (χ2v) is 7.26. The molecule has 17 heavy (non-hydrogen) atoms. The van der Waals surface area contributed by atoms with E-state index in [9.17, 15) is 8.42 Å². The summed E-state index contributed by atoms with van der Waals surface area (Å²) in [7, 11) is -3.06. The first-order valence-corrected chi connectivity index (χ1v) is 8.35. The second-order valence-electron chi connectivity index (χ2n) is 5.33. The van der Waals surface area contributed by atoms with Crippen molar-refractivity contribution in [2.24, 2.45) is 5.92 Å². The van der Waals surface area contributed by atoms with Crippen molar-refractivity contribution in [2.45, 2.75) is 52.0 Å². The van der Waals surface area contributed by atoms with Crippen LogP contribution in [0.1, 0.15) is 46.0 Å². The molecule has 5 heteroatoms. The summed E-state index contributed by atoms with van der Waals surface area (Å²) < 4.78 is 26.0. The maximum Gasteiger partial charge on any atom is 0.211 e. The van der Waals surface area contributed by atoms with E-state index in [0.29, 0.717) is 18.5 Å². The van der Waals surface area contributed by atoms with Gasteiger partial charge in [0.2, 0.25) is 10.0 Å². The summed E-state index contributed by atoms with van der Waals surface area (Å²) in [6, 6.07) is 0.497. The van der Waals surface area contributed by atoms with Crippen LogP contribution in [0.25, 0.3) is 0 Å². The van der Waals surface area contributed by atoms with Crippen LogP contribution in [-0.2, 0) is 10.0 Å². The van der Waals surface area contributed by atoms with E-state index in [-0.39, 0.29) is 5.75 Å². The van der Waals surface area contributed by atoms with Gasteiger partial charge in [0.25, 0.3) is 0 Å². The van der Waals surface area contributed by atoms with Gasteiger partial charge < -0.3 is 5.32 Å². The molecule has 0 radical (unpaired) electrons. The Morgan fingerprint density at radius 3 is 2.71 bits per heavy atom. The minimum Gasteiger partial charge on any atom is -0.314 e. The highest BCUT2D eigenvalue weighted by Crippen LogP contribution is 2.09. The van der Waals surface area contributed by atoms with Crippen LogP contribution in [-0.4, -0.2) is 33.3 Å². The lowest BCUT2D eigenvalue weighted by Crippen LogP contribution is -2.37. The van der Waals surface area contributed by atoms with E-state index in [1.165, 1.54) is 19.3 Å². The average Bonchev–Trinajstić information content (AvgIpc) is 2.28. The molecule has 1 heterocycles. The summed E-state index contributed by atoms with van der Waals surface area (Å²) in [4.78, 5) is 0. The minimum absolute atomic E-state index is 0.253. The van der Waals surface area contributed by atoms with E-state index in [1.807, 2.05) is 13.8 Å². The monoisotopic (exact) mass is 262 g/mol. The van der Waals surface area contributed by atoms with Gasteiger partial charge in [-0.3, -0.25) is 0 Å². The van der Waals surface area contributed by atoms with Crippen molar-refractivity contribution < 1.29 is 8.42 Å². The third-order valence-electron chi connectivity index (χ3n) is 3.19. The third-order valence-corrected chi connectivity index (χ3v) is 4.61. The first kappa shape index (κ1) is 14.9. The molecular weight excluding hydrogens is 236 g/mol. The van der Waals surface area contributed by atoms with Gasteiger partial charge in [-0.2, -0.15) is 0 Å². The Morgan fingerprint density at radius 2 is 2.12 bits per heavy atom. The number of sulfonamides is 1. The smallest absolute Gasteiger partial charge is 0.211 e. The van der Waals surface area contributed by atoms with E-state index in [0.717, 1.165) is 19.4 Å². The number of nitrogens with one attached hydrogen (secondary N) is 2. The van der Waals surface area contributed by atoms with Crippen LogP contribution < -0.4 is 10.0 Å². The molecule has 1 saturated heterocycles. The van der Waals surface area contributed by atoms with E-state index >= 15 is 0 Å². The van der Waals surface area contributed by atoms with E-state index in [4.69, 9.17) is 0 Å². The van der Waals surface area contributed by atoms with Crippen LogP contribution in [0.4, 0.5) is 0 Å². The van der Waals surface area contributed by atoms with Crippen molar-refractivity contribution in [3.8, 4) is 0 Å². The first-order chi connectivity index (χ1) is 7.99. The average molecular weight is 262 g/mol. The van der Waals surface area contributed by atoms with Crippen molar-refractivity contribution >= 4 is 10.0 Å². The van der Waals surface area contributed by atoms with Crippen LogP contribution in [0.2, 0.25) is 0 Å². The van der Waals surface area contributed by atoms with Crippen LogP contribution in [0, 0.1) is 5.92 Å². The highest BCUT2D eigenvalue weighted by molar-refractivity contribution is 7.89. The van der Waals surface area contributed by atoms with Crippen molar-refractivity contribution in [1.82, 2.24) is 10.0 Å². The zero-order valence-corrected chi connectivity index (χ0v) is 11.9. The Hall–Kier alpha value is -0.130. The van der Waals surface area contributed by atoms with Gasteiger partial charge in [0, 0.05) is 12.6 Å².